The fourth-order valence-electron chi connectivity index (χ4n) is 1.82. The Morgan fingerprint density at radius 1 is 1.00 bits per heavy atom. The van der Waals surface area contributed by atoms with Gasteiger partial charge in [0.05, 0.1) is 0 Å². The minimum atomic E-state index is -0.495. The van der Waals surface area contributed by atoms with Crippen molar-refractivity contribution in [2.24, 2.45) is 0 Å². The van der Waals surface area contributed by atoms with Gasteiger partial charge in [0, 0.05) is 10.8 Å². The molecule has 0 atom stereocenters. The van der Waals surface area contributed by atoms with Crippen molar-refractivity contribution in [2.45, 2.75) is 0 Å². The monoisotopic (exact) mass is 230 g/mol. The Kier molecular flexibility index (Phi) is 1.98. The molecule has 0 N–H and O–H groups in total. The third kappa shape index (κ3) is 1.31. The summed E-state index contributed by atoms with van der Waals surface area (Å²) < 4.78 is 5.22. The smallest absolute Gasteiger partial charge is 0.355 e. The molecule has 0 amide bonds. The summed E-state index contributed by atoms with van der Waals surface area (Å²) in [5, 5.41) is 2.92. The van der Waals surface area contributed by atoms with E-state index < -0.39 is 5.63 Å². The molecule has 2 nitrogen and oxygen atoms in total. The Balaban J connectivity index is 2.60. The molecule has 0 bridgehead atoms. The van der Waals surface area contributed by atoms with Crippen LogP contribution in [0.25, 0.3) is 21.7 Å². The molecule has 0 aliphatic rings. The van der Waals surface area contributed by atoms with Crippen LogP contribution in [0.2, 0.25) is 5.02 Å². The summed E-state index contributed by atoms with van der Waals surface area (Å²) in [6, 6.07) is 13.3. The maximum atomic E-state index is 11.4. The SMILES string of the molecule is O=c1oc2c(ccc3ccccc32)cc1Cl. The highest BCUT2D eigenvalue weighted by Gasteiger charge is 2.05. The van der Waals surface area contributed by atoms with Crippen molar-refractivity contribution in [2.75, 3.05) is 0 Å². The molecule has 0 aliphatic carbocycles. The van der Waals surface area contributed by atoms with Gasteiger partial charge in [0.2, 0.25) is 0 Å². The largest absolute Gasteiger partial charge is 0.421 e. The Labute approximate surface area is 96.1 Å². The van der Waals surface area contributed by atoms with E-state index in [1.807, 2.05) is 36.4 Å². The summed E-state index contributed by atoms with van der Waals surface area (Å²) >= 11 is 5.73. The number of benzene rings is 2. The number of hydrogen-bond acceptors (Lipinski definition) is 2. The van der Waals surface area contributed by atoms with E-state index in [4.69, 9.17) is 16.0 Å². The van der Waals surface area contributed by atoms with E-state index in [-0.39, 0.29) is 5.02 Å². The Bertz CT molecular complexity index is 744. The third-order valence-corrected chi connectivity index (χ3v) is 2.85. The van der Waals surface area contributed by atoms with Gasteiger partial charge in [0.25, 0.3) is 0 Å². The van der Waals surface area contributed by atoms with Crippen LogP contribution in [-0.4, -0.2) is 0 Å². The highest BCUT2D eigenvalue weighted by atomic mass is 35.5. The molecule has 0 radical (unpaired) electrons. The number of hydrogen-bond donors (Lipinski definition) is 0. The quantitative estimate of drug-likeness (QED) is 0.436. The van der Waals surface area contributed by atoms with Crippen LogP contribution in [-0.2, 0) is 0 Å². The molecule has 0 fully saturated rings. The fourth-order valence-corrected chi connectivity index (χ4v) is 1.98. The molecule has 3 aromatic rings. The first-order chi connectivity index (χ1) is 7.75. The van der Waals surface area contributed by atoms with Gasteiger partial charge in [0.1, 0.15) is 10.6 Å². The molecule has 16 heavy (non-hydrogen) atoms. The van der Waals surface area contributed by atoms with Crippen molar-refractivity contribution in [3.63, 3.8) is 0 Å². The predicted octanol–water partition coefficient (Wildman–Crippen LogP) is 3.60. The topological polar surface area (TPSA) is 30.2 Å². The van der Waals surface area contributed by atoms with Gasteiger partial charge < -0.3 is 4.42 Å². The van der Waals surface area contributed by atoms with Gasteiger partial charge >= 0.3 is 5.63 Å². The van der Waals surface area contributed by atoms with Gasteiger partial charge in [0.15, 0.2) is 0 Å². The van der Waals surface area contributed by atoms with Gasteiger partial charge in [-0.25, -0.2) is 4.79 Å². The Morgan fingerprint density at radius 3 is 2.62 bits per heavy atom. The molecule has 3 heteroatoms. The summed E-state index contributed by atoms with van der Waals surface area (Å²) in [5.74, 6) is 0. The molecule has 78 valence electrons. The van der Waals surface area contributed by atoms with Crippen LogP contribution >= 0.6 is 11.6 Å². The van der Waals surface area contributed by atoms with E-state index >= 15 is 0 Å². The van der Waals surface area contributed by atoms with Gasteiger partial charge in [-0.05, 0) is 11.5 Å². The van der Waals surface area contributed by atoms with Gasteiger partial charge in [-0.1, -0.05) is 48.0 Å². The Morgan fingerprint density at radius 2 is 1.75 bits per heavy atom. The second kappa shape index (κ2) is 3.35. The molecule has 3 rings (SSSR count). The van der Waals surface area contributed by atoms with Crippen molar-refractivity contribution in [1.82, 2.24) is 0 Å². The van der Waals surface area contributed by atoms with E-state index in [9.17, 15) is 4.79 Å². The zero-order valence-corrected chi connectivity index (χ0v) is 8.99. The summed E-state index contributed by atoms with van der Waals surface area (Å²) in [6.45, 7) is 0. The van der Waals surface area contributed by atoms with Crippen LogP contribution in [0.3, 0.4) is 0 Å². The predicted molar refractivity (Wildman–Crippen MR) is 65.0 cm³/mol. The van der Waals surface area contributed by atoms with E-state index in [0.29, 0.717) is 5.58 Å². The average Bonchev–Trinajstić information content (AvgIpc) is 2.31. The van der Waals surface area contributed by atoms with E-state index in [2.05, 4.69) is 0 Å². The normalized spacial score (nSPS) is 11.1. The van der Waals surface area contributed by atoms with Crippen LogP contribution in [0.4, 0.5) is 0 Å². The molecule has 2 aromatic carbocycles. The standard InChI is InChI=1S/C13H7ClO2/c14-11-7-9-6-5-8-3-1-2-4-10(8)12(9)16-13(11)15/h1-7H. The molecular formula is C13H7ClO2. The van der Waals surface area contributed by atoms with Crippen LogP contribution < -0.4 is 5.63 Å². The van der Waals surface area contributed by atoms with Crippen LogP contribution in [0.5, 0.6) is 0 Å². The lowest BCUT2D eigenvalue weighted by molar-refractivity contribution is 0.564. The maximum Gasteiger partial charge on any atom is 0.355 e. The van der Waals surface area contributed by atoms with Gasteiger partial charge in [-0.3, -0.25) is 0 Å². The van der Waals surface area contributed by atoms with Crippen molar-refractivity contribution in [3.8, 4) is 0 Å². The molecule has 1 aromatic heterocycles. The highest BCUT2D eigenvalue weighted by molar-refractivity contribution is 6.31. The van der Waals surface area contributed by atoms with E-state index in [1.54, 1.807) is 6.07 Å². The van der Waals surface area contributed by atoms with Gasteiger partial charge in [-0.2, -0.15) is 0 Å². The molecule has 0 unspecified atom stereocenters. The number of halogens is 1. The molecule has 1 heterocycles. The fraction of sp³-hybridized carbons (Fsp3) is 0. The number of rotatable bonds is 0. The summed E-state index contributed by atoms with van der Waals surface area (Å²) in [6.07, 6.45) is 0. The summed E-state index contributed by atoms with van der Waals surface area (Å²) in [7, 11) is 0. The third-order valence-electron chi connectivity index (χ3n) is 2.58. The average molecular weight is 231 g/mol. The van der Waals surface area contributed by atoms with Crippen LogP contribution in [0.1, 0.15) is 0 Å². The molecule has 0 saturated heterocycles. The first-order valence-electron chi connectivity index (χ1n) is 4.87. The lowest BCUT2D eigenvalue weighted by Crippen LogP contribution is -1.98. The van der Waals surface area contributed by atoms with E-state index in [0.717, 1.165) is 16.2 Å². The first kappa shape index (κ1) is 9.43. The van der Waals surface area contributed by atoms with Crippen LogP contribution in [0.15, 0.2) is 51.7 Å². The van der Waals surface area contributed by atoms with Crippen molar-refractivity contribution >= 4 is 33.3 Å². The van der Waals surface area contributed by atoms with Crippen molar-refractivity contribution < 1.29 is 4.42 Å². The molecular weight excluding hydrogens is 224 g/mol. The zero-order chi connectivity index (χ0) is 11.1. The van der Waals surface area contributed by atoms with Crippen molar-refractivity contribution in [1.29, 1.82) is 0 Å². The summed E-state index contributed by atoms with van der Waals surface area (Å²) in [5.41, 5.74) is 0.0954. The summed E-state index contributed by atoms with van der Waals surface area (Å²) in [4.78, 5) is 11.4. The van der Waals surface area contributed by atoms with Crippen LogP contribution in [0, 0.1) is 0 Å². The molecule has 0 spiro atoms. The van der Waals surface area contributed by atoms with E-state index in [1.165, 1.54) is 0 Å². The second-order valence-electron chi connectivity index (χ2n) is 3.59. The Hall–Kier alpha value is -1.80. The minimum absolute atomic E-state index is 0.114. The minimum Gasteiger partial charge on any atom is -0.421 e. The highest BCUT2D eigenvalue weighted by Crippen LogP contribution is 2.25. The van der Waals surface area contributed by atoms with Gasteiger partial charge in [-0.15, -0.1) is 0 Å². The second-order valence-corrected chi connectivity index (χ2v) is 3.99. The zero-order valence-electron chi connectivity index (χ0n) is 8.24. The molecule has 0 saturated carbocycles. The lowest BCUT2D eigenvalue weighted by Gasteiger charge is -2.01. The molecule has 0 aliphatic heterocycles. The first-order valence-corrected chi connectivity index (χ1v) is 5.24. The lowest BCUT2D eigenvalue weighted by atomic mass is 10.1. The maximum absolute atomic E-state index is 11.4. The number of fused-ring (bicyclic) bond motifs is 3. The van der Waals surface area contributed by atoms with Crippen molar-refractivity contribution in [3.05, 3.63) is 57.9 Å².